The molecule has 1 N–H and O–H groups in total. The van der Waals surface area contributed by atoms with Crippen molar-refractivity contribution in [3.05, 3.63) is 112 Å². The number of rotatable bonds is 8. The highest BCUT2D eigenvalue weighted by molar-refractivity contribution is 7.92. The minimum absolute atomic E-state index is 0.0778. The summed E-state index contributed by atoms with van der Waals surface area (Å²) in [5.74, 6) is 0.287. The van der Waals surface area contributed by atoms with E-state index in [9.17, 15) is 13.2 Å². The van der Waals surface area contributed by atoms with E-state index in [1.807, 2.05) is 30.3 Å². The first kappa shape index (κ1) is 25.5. The summed E-state index contributed by atoms with van der Waals surface area (Å²) in [5.41, 5.74) is 4.23. The lowest BCUT2D eigenvalue weighted by atomic mass is 10.1. The van der Waals surface area contributed by atoms with Crippen LogP contribution in [0, 0.1) is 0 Å². The molecule has 0 aliphatic rings. The van der Waals surface area contributed by atoms with Crippen molar-refractivity contribution in [2.75, 3.05) is 10.6 Å². The van der Waals surface area contributed by atoms with Gasteiger partial charge in [-0.25, -0.2) is 13.8 Å². The average molecular weight is 542 g/mol. The third kappa shape index (κ3) is 5.96. The van der Waals surface area contributed by atoms with Crippen LogP contribution in [-0.4, -0.2) is 26.8 Å². The van der Waals surface area contributed by atoms with Crippen LogP contribution in [-0.2, 0) is 16.6 Å². The third-order valence-corrected chi connectivity index (χ3v) is 7.13. The van der Waals surface area contributed by atoms with Crippen LogP contribution in [0.3, 0.4) is 0 Å². The second kappa shape index (κ2) is 11.0. The normalized spacial score (nSPS) is 11.5. The Kier molecular flexibility index (Phi) is 7.79. The third-order valence-electron chi connectivity index (χ3n) is 5.19. The van der Waals surface area contributed by atoms with Crippen LogP contribution in [0.4, 0.5) is 5.69 Å². The van der Waals surface area contributed by atoms with Crippen molar-refractivity contribution in [1.82, 2.24) is 5.43 Å². The van der Waals surface area contributed by atoms with E-state index in [0.717, 1.165) is 11.8 Å². The molecule has 0 aliphatic carbocycles. The molecule has 1 amide bonds. The monoisotopic (exact) mass is 541 g/mol. The van der Waals surface area contributed by atoms with Gasteiger partial charge in [-0.1, -0.05) is 71.7 Å². The lowest BCUT2D eigenvalue weighted by Gasteiger charge is -2.24. The van der Waals surface area contributed by atoms with E-state index >= 15 is 0 Å². The van der Waals surface area contributed by atoms with Crippen LogP contribution in [0.2, 0.25) is 10.0 Å². The van der Waals surface area contributed by atoms with Crippen molar-refractivity contribution in [3.8, 4) is 11.3 Å². The van der Waals surface area contributed by atoms with Crippen LogP contribution < -0.4 is 9.73 Å². The molecule has 0 spiro atoms. The number of furan rings is 1. The first-order chi connectivity index (χ1) is 17.2. The van der Waals surface area contributed by atoms with Gasteiger partial charge in [-0.3, -0.25) is 9.10 Å². The van der Waals surface area contributed by atoms with E-state index < -0.39 is 15.9 Å². The van der Waals surface area contributed by atoms with Gasteiger partial charge in [-0.2, -0.15) is 5.10 Å². The summed E-state index contributed by atoms with van der Waals surface area (Å²) in [6.45, 7) is 0.0778. The predicted molar refractivity (Wildman–Crippen MR) is 143 cm³/mol. The van der Waals surface area contributed by atoms with Gasteiger partial charge in [0.05, 0.1) is 40.3 Å². The van der Waals surface area contributed by atoms with Gasteiger partial charge in [0.25, 0.3) is 5.91 Å². The fraction of sp³-hybridized carbons (Fsp3) is 0.0769. The van der Waals surface area contributed by atoms with Gasteiger partial charge in [-0.05, 0) is 42.0 Å². The van der Waals surface area contributed by atoms with Crippen molar-refractivity contribution in [2.24, 2.45) is 5.10 Å². The molecule has 4 aromatic rings. The highest BCUT2D eigenvalue weighted by Gasteiger charge is 2.23. The van der Waals surface area contributed by atoms with E-state index in [1.54, 1.807) is 48.5 Å². The Balaban J connectivity index is 1.53. The quantitative estimate of drug-likeness (QED) is 0.219. The maximum absolute atomic E-state index is 12.9. The van der Waals surface area contributed by atoms with Crippen molar-refractivity contribution >= 4 is 51.0 Å². The predicted octanol–water partition coefficient (Wildman–Crippen LogP) is 5.98. The maximum atomic E-state index is 12.9. The molecule has 0 fully saturated rings. The zero-order valence-electron chi connectivity index (χ0n) is 19.1. The molecule has 3 aromatic carbocycles. The van der Waals surface area contributed by atoms with Crippen molar-refractivity contribution < 1.29 is 17.6 Å². The molecule has 4 rings (SSSR count). The van der Waals surface area contributed by atoms with Gasteiger partial charge < -0.3 is 4.42 Å². The van der Waals surface area contributed by atoms with Gasteiger partial charge in [0.2, 0.25) is 10.0 Å². The Bertz CT molecular complexity index is 1520. The number of benzene rings is 3. The molecule has 184 valence electrons. The summed E-state index contributed by atoms with van der Waals surface area (Å²) >= 11 is 12.3. The number of hydrogen-bond donors (Lipinski definition) is 1. The number of amides is 1. The minimum Gasteiger partial charge on any atom is -0.455 e. The molecule has 0 aliphatic heterocycles. The number of nitrogens with zero attached hydrogens (tertiary/aromatic N) is 2. The molecule has 0 radical (unpaired) electrons. The van der Waals surface area contributed by atoms with Gasteiger partial charge >= 0.3 is 0 Å². The second-order valence-corrected chi connectivity index (χ2v) is 10.5. The molecular weight excluding hydrogens is 521 g/mol. The number of carbonyl (C=O) groups excluding carboxylic acids is 1. The van der Waals surface area contributed by atoms with Crippen molar-refractivity contribution in [3.63, 3.8) is 0 Å². The van der Waals surface area contributed by atoms with E-state index in [0.29, 0.717) is 27.1 Å². The number of anilines is 1. The molecular formula is C26H21Cl2N3O4S. The zero-order chi connectivity index (χ0) is 25.7. The summed E-state index contributed by atoms with van der Waals surface area (Å²) in [5, 5.41) is 4.74. The molecule has 36 heavy (non-hydrogen) atoms. The fourth-order valence-corrected chi connectivity index (χ4v) is 4.78. The second-order valence-electron chi connectivity index (χ2n) is 7.77. The van der Waals surface area contributed by atoms with E-state index in [1.165, 1.54) is 16.6 Å². The van der Waals surface area contributed by atoms with Crippen LogP contribution >= 0.6 is 23.2 Å². The average Bonchev–Trinajstić information content (AvgIpc) is 3.33. The van der Waals surface area contributed by atoms with E-state index in [-0.39, 0.29) is 17.8 Å². The van der Waals surface area contributed by atoms with Crippen LogP contribution in [0.1, 0.15) is 21.7 Å². The van der Waals surface area contributed by atoms with Crippen LogP contribution in [0.5, 0.6) is 0 Å². The molecule has 10 heteroatoms. The number of nitrogens with one attached hydrogen (secondary N) is 1. The largest absolute Gasteiger partial charge is 0.455 e. The first-order valence-electron chi connectivity index (χ1n) is 10.7. The summed E-state index contributed by atoms with van der Waals surface area (Å²) in [4.78, 5) is 12.9. The smallest absolute Gasteiger partial charge is 0.273 e. The molecule has 0 saturated heterocycles. The Morgan fingerprint density at radius 3 is 2.44 bits per heavy atom. The van der Waals surface area contributed by atoms with Crippen LogP contribution in [0.15, 0.2) is 94.4 Å². The summed E-state index contributed by atoms with van der Waals surface area (Å²) in [7, 11) is -3.69. The Morgan fingerprint density at radius 2 is 1.69 bits per heavy atom. The molecule has 0 bridgehead atoms. The standard InChI is InChI=1S/C26H21Cl2N3O4S/c1-36(33,34)31(17-18-8-3-2-4-9-18)23-13-6-5-10-20(23)26(32)30-29-16-19-14-15-24(35-19)21-11-7-12-22(27)25(21)28/h2-16H,17H2,1H3,(H,30,32)/b29-16+. The number of hydrazone groups is 1. The number of hydrogen-bond acceptors (Lipinski definition) is 5. The highest BCUT2D eigenvalue weighted by atomic mass is 35.5. The SMILES string of the molecule is CS(=O)(=O)N(Cc1ccccc1)c1ccccc1C(=O)N/N=C/c1ccc(-c2cccc(Cl)c2Cl)o1. The van der Waals surface area contributed by atoms with Gasteiger partial charge in [-0.15, -0.1) is 0 Å². The molecule has 0 atom stereocenters. The van der Waals surface area contributed by atoms with E-state index in [4.69, 9.17) is 27.6 Å². The topological polar surface area (TPSA) is 92.0 Å². The van der Waals surface area contributed by atoms with Crippen LogP contribution in [0.25, 0.3) is 11.3 Å². The number of sulfonamides is 1. The lowest BCUT2D eigenvalue weighted by molar-refractivity contribution is 0.0955. The van der Waals surface area contributed by atoms with E-state index in [2.05, 4.69) is 10.5 Å². The fourth-order valence-electron chi connectivity index (χ4n) is 3.49. The maximum Gasteiger partial charge on any atom is 0.273 e. The Labute approximate surface area is 219 Å². The van der Waals surface area contributed by atoms with Crippen molar-refractivity contribution in [2.45, 2.75) is 6.54 Å². The molecule has 0 unspecified atom stereocenters. The van der Waals surface area contributed by atoms with Gasteiger partial charge in [0.15, 0.2) is 0 Å². The summed E-state index contributed by atoms with van der Waals surface area (Å²) in [6, 6.07) is 24.2. The van der Waals surface area contributed by atoms with Gasteiger partial charge in [0, 0.05) is 5.56 Å². The number of para-hydroxylation sites is 1. The molecule has 1 heterocycles. The minimum atomic E-state index is -3.69. The number of carbonyl (C=O) groups is 1. The molecule has 0 saturated carbocycles. The van der Waals surface area contributed by atoms with Gasteiger partial charge in [0.1, 0.15) is 11.5 Å². The van der Waals surface area contributed by atoms with Crippen molar-refractivity contribution in [1.29, 1.82) is 0 Å². The zero-order valence-corrected chi connectivity index (χ0v) is 21.4. The lowest BCUT2D eigenvalue weighted by Crippen LogP contribution is -2.32. The molecule has 7 nitrogen and oxygen atoms in total. The first-order valence-corrected chi connectivity index (χ1v) is 13.3. The summed E-state index contributed by atoms with van der Waals surface area (Å²) in [6.07, 6.45) is 2.43. The summed E-state index contributed by atoms with van der Waals surface area (Å²) < 4.78 is 32.1. The Hall–Kier alpha value is -3.59. The number of halogens is 2. The highest BCUT2D eigenvalue weighted by Crippen LogP contribution is 2.34. The molecule has 1 aromatic heterocycles. The Morgan fingerprint density at radius 1 is 0.972 bits per heavy atom.